The lowest BCUT2D eigenvalue weighted by molar-refractivity contribution is 0.220. The van der Waals surface area contributed by atoms with Crippen molar-refractivity contribution < 1.29 is 8.42 Å². The van der Waals surface area contributed by atoms with Crippen LogP contribution in [0.2, 0.25) is 0 Å². The summed E-state index contributed by atoms with van der Waals surface area (Å²) in [6.45, 7) is 5.92. The molecule has 0 saturated carbocycles. The number of hydrogen-bond donors (Lipinski definition) is 1. The zero-order chi connectivity index (χ0) is 16.5. The summed E-state index contributed by atoms with van der Waals surface area (Å²) in [5.41, 5.74) is 2.87. The molecule has 2 atom stereocenters. The summed E-state index contributed by atoms with van der Waals surface area (Å²) in [5.74, 6) is 0.267. The summed E-state index contributed by atoms with van der Waals surface area (Å²) in [7, 11) is -1.20. The fraction of sp³-hybridized carbons (Fsp3) is 0.667. The molecule has 0 radical (unpaired) electrons. The van der Waals surface area contributed by atoms with Crippen LogP contribution in [0.5, 0.6) is 0 Å². The number of hydrogen-bond acceptors (Lipinski definition) is 4. The van der Waals surface area contributed by atoms with Gasteiger partial charge in [0, 0.05) is 38.4 Å². The molecule has 0 unspecified atom stereocenters. The van der Waals surface area contributed by atoms with Gasteiger partial charge < -0.3 is 9.88 Å². The molecule has 1 saturated heterocycles. The van der Waals surface area contributed by atoms with Gasteiger partial charge in [0.1, 0.15) is 11.8 Å². The van der Waals surface area contributed by atoms with Crippen LogP contribution in [0.1, 0.15) is 30.3 Å². The van der Waals surface area contributed by atoms with E-state index >= 15 is 0 Å². The first-order chi connectivity index (χ1) is 10.2. The molecule has 22 heavy (non-hydrogen) atoms. The van der Waals surface area contributed by atoms with Gasteiger partial charge in [0.25, 0.3) is 0 Å². The summed E-state index contributed by atoms with van der Waals surface area (Å²) >= 11 is 0. The largest absolute Gasteiger partial charge is 0.340 e. The van der Waals surface area contributed by atoms with Crippen LogP contribution in [-0.4, -0.2) is 42.7 Å². The third kappa shape index (κ3) is 3.51. The second kappa shape index (κ2) is 6.41. The Morgan fingerprint density at radius 2 is 2.18 bits per heavy atom. The molecule has 7 heteroatoms. The van der Waals surface area contributed by atoms with E-state index in [1.165, 1.54) is 6.26 Å². The third-order valence-electron chi connectivity index (χ3n) is 4.65. The first-order valence-corrected chi connectivity index (χ1v) is 9.32. The Bertz CT molecular complexity index is 687. The molecule has 0 amide bonds. The van der Waals surface area contributed by atoms with Gasteiger partial charge in [-0.2, -0.15) is 5.26 Å². The summed E-state index contributed by atoms with van der Waals surface area (Å²) in [6, 6.07) is 4.40. The van der Waals surface area contributed by atoms with Crippen molar-refractivity contribution in [3.8, 4) is 6.07 Å². The molecule has 0 aliphatic carbocycles. The highest BCUT2D eigenvalue weighted by atomic mass is 32.2. The van der Waals surface area contributed by atoms with E-state index in [0.29, 0.717) is 31.4 Å². The van der Waals surface area contributed by atoms with E-state index < -0.39 is 10.0 Å². The third-order valence-corrected chi connectivity index (χ3v) is 5.92. The van der Waals surface area contributed by atoms with Crippen molar-refractivity contribution >= 4 is 10.0 Å². The van der Waals surface area contributed by atoms with Gasteiger partial charge in [-0.1, -0.05) is 6.92 Å². The van der Waals surface area contributed by atoms with E-state index in [9.17, 15) is 8.42 Å². The Hall–Kier alpha value is -1.36. The first kappa shape index (κ1) is 17.0. The summed E-state index contributed by atoms with van der Waals surface area (Å²) < 4.78 is 26.7. The Balaban J connectivity index is 1.98. The van der Waals surface area contributed by atoms with Gasteiger partial charge in [0.2, 0.25) is 10.0 Å². The van der Waals surface area contributed by atoms with Gasteiger partial charge in [0.05, 0.1) is 6.26 Å². The molecule has 2 heterocycles. The molecule has 0 aromatic carbocycles. The highest BCUT2D eigenvalue weighted by Gasteiger charge is 2.30. The number of nitrogens with zero attached hydrogens (tertiary/aromatic N) is 3. The standard InChI is InChI=1S/C15H24N4O2S/c1-11-10-19(22(4,20)21)6-5-15(11)17-9-13-7-14(8-16)18(3)12(13)2/h7,11,15,17H,5-6,9-10H2,1-4H3/t11-,15+/m1/s1. The number of aromatic nitrogens is 1. The minimum Gasteiger partial charge on any atom is -0.340 e. The maximum absolute atomic E-state index is 11.6. The molecule has 2 rings (SSSR count). The van der Waals surface area contributed by atoms with Crippen LogP contribution in [0.25, 0.3) is 0 Å². The monoisotopic (exact) mass is 324 g/mol. The SMILES string of the molecule is Cc1c(CN[C@H]2CCN(S(C)(=O)=O)C[C@H]2C)cc(C#N)n1C. The van der Waals surface area contributed by atoms with Crippen LogP contribution >= 0.6 is 0 Å². The first-order valence-electron chi connectivity index (χ1n) is 7.47. The molecule has 0 bridgehead atoms. The van der Waals surface area contributed by atoms with E-state index in [0.717, 1.165) is 17.7 Å². The van der Waals surface area contributed by atoms with E-state index in [-0.39, 0.29) is 5.92 Å². The Labute approximate surface area is 132 Å². The van der Waals surface area contributed by atoms with Crippen LogP contribution in [0.4, 0.5) is 0 Å². The zero-order valence-electron chi connectivity index (χ0n) is 13.6. The highest BCUT2D eigenvalue weighted by molar-refractivity contribution is 7.88. The van der Waals surface area contributed by atoms with Crippen molar-refractivity contribution in [2.75, 3.05) is 19.3 Å². The lowest BCUT2D eigenvalue weighted by Gasteiger charge is -2.36. The molecule has 1 aliphatic rings. The van der Waals surface area contributed by atoms with Crippen LogP contribution in [-0.2, 0) is 23.6 Å². The molecule has 6 nitrogen and oxygen atoms in total. The molecule has 0 spiro atoms. The maximum Gasteiger partial charge on any atom is 0.211 e. The van der Waals surface area contributed by atoms with Gasteiger partial charge >= 0.3 is 0 Å². The minimum atomic E-state index is -3.10. The lowest BCUT2D eigenvalue weighted by atomic mass is 9.95. The number of sulfonamides is 1. The van der Waals surface area contributed by atoms with Crippen LogP contribution in [0, 0.1) is 24.2 Å². The van der Waals surface area contributed by atoms with Crippen molar-refractivity contribution in [3.63, 3.8) is 0 Å². The second-order valence-electron chi connectivity index (χ2n) is 6.19. The summed E-state index contributed by atoms with van der Waals surface area (Å²) in [4.78, 5) is 0. The fourth-order valence-corrected chi connectivity index (χ4v) is 3.94. The van der Waals surface area contributed by atoms with Crippen molar-refractivity contribution in [2.24, 2.45) is 13.0 Å². The Kier molecular flexibility index (Phi) is 4.95. The van der Waals surface area contributed by atoms with Gasteiger partial charge in [-0.3, -0.25) is 0 Å². The second-order valence-corrected chi connectivity index (χ2v) is 8.17. The molecule has 1 aromatic rings. The van der Waals surface area contributed by atoms with Gasteiger partial charge in [-0.05, 0) is 30.9 Å². The molecule has 1 fully saturated rings. The average molecular weight is 324 g/mol. The maximum atomic E-state index is 11.6. The van der Waals surface area contributed by atoms with Gasteiger partial charge in [-0.25, -0.2) is 12.7 Å². The Morgan fingerprint density at radius 1 is 1.50 bits per heavy atom. The van der Waals surface area contributed by atoms with Crippen LogP contribution in [0.15, 0.2) is 6.07 Å². The molecule has 1 aliphatic heterocycles. The summed E-state index contributed by atoms with van der Waals surface area (Å²) in [6.07, 6.45) is 2.08. The van der Waals surface area contributed by atoms with E-state index in [2.05, 4.69) is 18.3 Å². The number of nitriles is 1. The van der Waals surface area contributed by atoms with E-state index in [1.54, 1.807) is 4.31 Å². The quantitative estimate of drug-likeness (QED) is 0.895. The molecule has 122 valence electrons. The van der Waals surface area contributed by atoms with E-state index in [1.807, 2.05) is 24.6 Å². The normalized spacial score (nSPS) is 23.4. The lowest BCUT2D eigenvalue weighted by Crippen LogP contribution is -2.49. The van der Waals surface area contributed by atoms with Gasteiger partial charge in [-0.15, -0.1) is 0 Å². The smallest absolute Gasteiger partial charge is 0.211 e. The fourth-order valence-electron chi connectivity index (χ4n) is 3.00. The van der Waals surface area contributed by atoms with Crippen molar-refractivity contribution in [1.29, 1.82) is 5.26 Å². The molecular formula is C15H24N4O2S. The van der Waals surface area contributed by atoms with Crippen molar-refractivity contribution in [3.05, 3.63) is 23.0 Å². The molecular weight excluding hydrogens is 300 g/mol. The van der Waals surface area contributed by atoms with Crippen LogP contribution < -0.4 is 5.32 Å². The van der Waals surface area contributed by atoms with E-state index in [4.69, 9.17) is 5.26 Å². The predicted molar refractivity (Wildman–Crippen MR) is 85.7 cm³/mol. The number of rotatable bonds is 4. The summed E-state index contributed by atoms with van der Waals surface area (Å²) in [5, 5.41) is 12.6. The molecule has 1 N–H and O–H groups in total. The zero-order valence-corrected chi connectivity index (χ0v) is 14.4. The highest BCUT2D eigenvalue weighted by Crippen LogP contribution is 2.20. The number of piperidine rings is 1. The van der Waals surface area contributed by atoms with Crippen LogP contribution in [0.3, 0.4) is 0 Å². The molecule has 1 aromatic heterocycles. The topological polar surface area (TPSA) is 78.1 Å². The average Bonchev–Trinajstić information content (AvgIpc) is 2.72. The number of nitrogens with one attached hydrogen (secondary N) is 1. The van der Waals surface area contributed by atoms with Crippen molar-refractivity contribution in [1.82, 2.24) is 14.2 Å². The van der Waals surface area contributed by atoms with Crippen molar-refractivity contribution in [2.45, 2.75) is 32.9 Å². The minimum absolute atomic E-state index is 0.267. The predicted octanol–water partition coefficient (Wildman–Crippen LogP) is 0.965. The Morgan fingerprint density at radius 3 is 2.68 bits per heavy atom. The van der Waals surface area contributed by atoms with Gasteiger partial charge in [0.15, 0.2) is 0 Å².